The summed E-state index contributed by atoms with van der Waals surface area (Å²) in [5, 5.41) is 4.96. The molecule has 9 nitrogen and oxygen atoms in total. The quantitative estimate of drug-likeness (QED) is 0.537. The molecule has 2 aromatic rings. The Morgan fingerprint density at radius 3 is 2.43 bits per heavy atom. The van der Waals surface area contributed by atoms with E-state index in [2.05, 4.69) is 15.4 Å². The van der Waals surface area contributed by atoms with Gasteiger partial charge in [-0.15, -0.1) is 0 Å². The van der Waals surface area contributed by atoms with Crippen LogP contribution in [0.4, 0.5) is 16.2 Å². The standard InChI is InChI=1S/C17H19ClN4O5S/c1-10(20-17(19)24)16(23)21-14-9-11(7-8-15(14)27-2)28(25,26)22-13-6-4-3-5-12(13)18/h3-10,22H,1-2H3,(H,21,23)(H3,19,20,24)/t10-/m0/s1. The van der Waals surface area contributed by atoms with Crippen LogP contribution in [0.25, 0.3) is 0 Å². The van der Waals surface area contributed by atoms with Crippen molar-refractivity contribution in [2.24, 2.45) is 5.73 Å². The van der Waals surface area contributed by atoms with Gasteiger partial charge in [-0.3, -0.25) is 9.52 Å². The van der Waals surface area contributed by atoms with E-state index in [4.69, 9.17) is 22.1 Å². The molecule has 0 spiro atoms. The van der Waals surface area contributed by atoms with Crippen molar-refractivity contribution in [3.8, 4) is 5.75 Å². The van der Waals surface area contributed by atoms with E-state index in [9.17, 15) is 18.0 Å². The summed E-state index contributed by atoms with van der Waals surface area (Å²) >= 11 is 5.99. The van der Waals surface area contributed by atoms with Gasteiger partial charge in [0.25, 0.3) is 10.0 Å². The van der Waals surface area contributed by atoms with E-state index in [-0.39, 0.29) is 27.0 Å². The Labute approximate surface area is 167 Å². The van der Waals surface area contributed by atoms with Gasteiger partial charge in [-0.2, -0.15) is 0 Å². The zero-order valence-electron chi connectivity index (χ0n) is 15.0. The van der Waals surface area contributed by atoms with Crippen LogP contribution in [0.2, 0.25) is 5.02 Å². The number of nitrogens with one attached hydrogen (secondary N) is 3. The minimum absolute atomic E-state index is 0.104. The average molecular weight is 427 g/mol. The van der Waals surface area contributed by atoms with Gasteiger partial charge < -0.3 is 21.1 Å². The number of methoxy groups -OCH3 is 1. The lowest BCUT2D eigenvalue weighted by Crippen LogP contribution is -2.44. The molecule has 0 aliphatic carbocycles. The number of rotatable bonds is 7. The first-order valence-electron chi connectivity index (χ1n) is 7.96. The maximum absolute atomic E-state index is 12.7. The lowest BCUT2D eigenvalue weighted by molar-refractivity contribution is -0.117. The smallest absolute Gasteiger partial charge is 0.312 e. The van der Waals surface area contributed by atoms with Gasteiger partial charge in [0.05, 0.1) is 28.4 Å². The monoisotopic (exact) mass is 426 g/mol. The van der Waals surface area contributed by atoms with Crippen molar-refractivity contribution in [3.05, 3.63) is 47.5 Å². The SMILES string of the molecule is COc1ccc(S(=O)(=O)Nc2ccccc2Cl)cc1NC(=O)[C@H](C)NC(N)=O. The molecular formula is C17H19ClN4O5S. The van der Waals surface area contributed by atoms with Gasteiger partial charge in [0.15, 0.2) is 0 Å². The van der Waals surface area contributed by atoms with E-state index in [1.165, 1.54) is 38.3 Å². The Morgan fingerprint density at radius 1 is 1.14 bits per heavy atom. The molecule has 0 heterocycles. The number of para-hydroxylation sites is 1. The maximum Gasteiger partial charge on any atom is 0.312 e. The minimum Gasteiger partial charge on any atom is -0.495 e. The summed E-state index contributed by atoms with van der Waals surface area (Å²) in [5.41, 5.74) is 5.31. The Morgan fingerprint density at radius 2 is 1.82 bits per heavy atom. The van der Waals surface area contributed by atoms with Crippen LogP contribution < -0.4 is 25.8 Å². The predicted octanol–water partition coefficient (Wildman–Crippen LogP) is 2.14. The summed E-state index contributed by atoms with van der Waals surface area (Å²) in [5.74, 6) is -0.373. The molecule has 1 atom stereocenters. The third kappa shape index (κ3) is 5.27. The van der Waals surface area contributed by atoms with Crippen LogP contribution >= 0.6 is 11.6 Å². The molecule has 28 heavy (non-hydrogen) atoms. The van der Waals surface area contributed by atoms with Crippen LogP contribution in [-0.2, 0) is 14.8 Å². The van der Waals surface area contributed by atoms with Gasteiger partial charge >= 0.3 is 6.03 Å². The van der Waals surface area contributed by atoms with Gasteiger partial charge in [-0.05, 0) is 37.3 Å². The highest BCUT2D eigenvalue weighted by Gasteiger charge is 2.20. The fourth-order valence-corrected chi connectivity index (χ4v) is 3.56. The molecule has 0 bridgehead atoms. The number of benzene rings is 2. The van der Waals surface area contributed by atoms with Crippen molar-refractivity contribution >= 4 is 44.9 Å². The largest absolute Gasteiger partial charge is 0.495 e. The summed E-state index contributed by atoms with van der Waals surface area (Å²) in [7, 11) is -2.62. The van der Waals surface area contributed by atoms with Crippen LogP contribution in [0.1, 0.15) is 6.92 Å². The van der Waals surface area contributed by atoms with Crippen molar-refractivity contribution in [3.63, 3.8) is 0 Å². The molecule has 11 heteroatoms. The van der Waals surface area contributed by atoms with Gasteiger partial charge in [-0.1, -0.05) is 23.7 Å². The van der Waals surface area contributed by atoms with Crippen molar-refractivity contribution < 1.29 is 22.7 Å². The van der Waals surface area contributed by atoms with Crippen LogP contribution in [-0.4, -0.2) is 33.5 Å². The highest BCUT2D eigenvalue weighted by Crippen LogP contribution is 2.30. The number of amides is 3. The molecule has 0 aliphatic rings. The zero-order valence-corrected chi connectivity index (χ0v) is 16.6. The topological polar surface area (TPSA) is 140 Å². The van der Waals surface area contributed by atoms with Crippen molar-refractivity contribution in [2.75, 3.05) is 17.1 Å². The number of hydrogen-bond donors (Lipinski definition) is 4. The summed E-state index contributed by atoms with van der Waals surface area (Å²) in [6, 6.07) is 8.50. The first-order chi connectivity index (χ1) is 13.1. The molecule has 0 radical (unpaired) electrons. The van der Waals surface area contributed by atoms with Gasteiger partial charge in [0.2, 0.25) is 5.91 Å². The number of hydrogen-bond acceptors (Lipinski definition) is 5. The minimum atomic E-state index is -3.99. The first-order valence-corrected chi connectivity index (χ1v) is 9.82. The van der Waals surface area contributed by atoms with Crippen molar-refractivity contribution in [1.82, 2.24) is 5.32 Å². The molecule has 2 rings (SSSR count). The third-order valence-electron chi connectivity index (χ3n) is 3.61. The van der Waals surface area contributed by atoms with Crippen LogP contribution in [0, 0.1) is 0 Å². The molecule has 0 fully saturated rings. The lowest BCUT2D eigenvalue weighted by atomic mass is 10.2. The number of ether oxygens (including phenoxy) is 1. The van der Waals surface area contributed by atoms with Gasteiger partial charge in [0.1, 0.15) is 11.8 Å². The normalized spacial score (nSPS) is 12.0. The predicted molar refractivity (Wildman–Crippen MR) is 106 cm³/mol. The van der Waals surface area contributed by atoms with Crippen molar-refractivity contribution in [1.29, 1.82) is 0 Å². The third-order valence-corrected chi connectivity index (χ3v) is 5.30. The lowest BCUT2D eigenvalue weighted by Gasteiger charge is -2.16. The summed E-state index contributed by atoms with van der Waals surface area (Å²) in [6.45, 7) is 1.42. The highest BCUT2D eigenvalue weighted by molar-refractivity contribution is 7.92. The molecule has 3 amide bonds. The second kappa shape index (κ2) is 8.81. The molecule has 5 N–H and O–H groups in total. The number of halogens is 1. The molecule has 0 saturated carbocycles. The van der Waals surface area contributed by atoms with Crippen LogP contribution in [0.5, 0.6) is 5.75 Å². The zero-order chi connectivity index (χ0) is 20.9. The Hall–Kier alpha value is -2.98. The molecule has 2 aromatic carbocycles. The first kappa shape index (κ1) is 21.3. The number of nitrogens with two attached hydrogens (primary N) is 1. The fraction of sp³-hybridized carbons (Fsp3) is 0.176. The Kier molecular flexibility index (Phi) is 6.71. The van der Waals surface area contributed by atoms with Crippen LogP contribution in [0.15, 0.2) is 47.4 Å². The number of urea groups is 1. The molecular weight excluding hydrogens is 408 g/mol. The van der Waals surface area contributed by atoms with E-state index >= 15 is 0 Å². The second-order valence-corrected chi connectivity index (χ2v) is 7.76. The van der Waals surface area contributed by atoms with E-state index in [0.29, 0.717) is 0 Å². The number of carbonyl (C=O) groups excluding carboxylic acids is 2. The molecule has 0 saturated heterocycles. The van der Waals surface area contributed by atoms with Crippen molar-refractivity contribution in [2.45, 2.75) is 17.9 Å². The summed E-state index contributed by atoms with van der Waals surface area (Å²) < 4.78 is 32.9. The second-order valence-electron chi connectivity index (χ2n) is 5.67. The van der Waals surface area contributed by atoms with E-state index in [1.54, 1.807) is 18.2 Å². The van der Waals surface area contributed by atoms with Crippen LogP contribution in [0.3, 0.4) is 0 Å². The van der Waals surface area contributed by atoms with E-state index < -0.39 is 28.0 Å². The highest BCUT2D eigenvalue weighted by atomic mass is 35.5. The number of primary amides is 1. The maximum atomic E-state index is 12.7. The molecule has 0 unspecified atom stereocenters. The summed E-state index contributed by atoms with van der Waals surface area (Å²) in [4.78, 5) is 23.0. The van der Waals surface area contributed by atoms with E-state index in [0.717, 1.165) is 0 Å². The van der Waals surface area contributed by atoms with E-state index in [1.807, 2.05) is 0 Å². The number of sulfonamides is 1. The molecule has 0 aromatic heterocycles. The number of anilines is 2. The molecule has 150 valence electrons. The molecule has 0 aliphatic heterocycles. The average Bonchev–Trinajstić information content (AvgIpc) is 2.62. The Balaban J connectivity index is 2.32. The summed E-state index contributed by atoms with van der Waals surface area (Å²) in [6.07, 6.45) is 0. The van der Waals surface area contributed by atoms with Gasteiger partial charge in [-0.25, -0.2) is 13.2 Å². The van der Waals surface area contributed by atoms with Gasteiger partial charge in [0, 0.05) is 0 Å². The fourth-order valence-electron chi connectivity index (χ4n) is 2.22. The Bertz CT molecular complexity index is 997. The number of carbonyl (C=O) groups is 2.